The molecule has 214 valence electrons. The SMILES string of the molecule is CNCCCN1N=C(CCc2nc3ccccc3s2)c2ccccc2N(Cc2ccc(-c3ccccc3)cc2)C1=O.Cl. The van der Waals surface area contributed by atoms with Crippen molar-refractivity contribution in [3.8, 4) is 11.1 Å². The number of hydrogen-bond donors (Lipinski definition) is 1. The maximum atomic E-state index is 14.0. The van der Waals surface area contributed by atoms with Crippen LogP contribution in [0.5, 0.6) is 0 Å². The minimum atomic E-state index is -0.101. The number of hydrazone groups is 1. The third kappa shape index (κ3) is 6.54. The van der Waals surface area contributed by atoms with Crippen molar-refractivity contribution in [3.05, 3.63) is 119 Å². The Balaban J connectivity index is 0.00000353. The molecule has 42 heavy (non-hydrogen) atoms. The molecular weight excluding hydrogens is 562 g/mol. The molecule has 0 saturated heterocycles. The summed E-state index contributed by atoms with van der Waals surface area (Å²) in [4.78, 5) is 20.8. The Morgan fingerprint density at radius 1 is 0.810 bits per heavy atom. The van der Waals surface area contributed by atoms with E-state index in [1.165, 1.54) is 10.3 Å². The van der Waals surface area contributed by atoms with Crippen LogP contribution in [0.25, 0.3) is 21.3 Å². The summed E-state index contributed by atoms with van der Waals surface area (Å²) in [5.41, 5.74) is 7.25. The molecule has 2 amide bonds. The molecule has 1 aliphatic rings. The van der Waals surface area contributed by atoms with Gasteiger partial charge in [0, 0.05) is 18.5 Å². The first-order valence-electron chi connectivity index (χ1n) is 14.1. The number of carbonyl (C=O) groups is 1. The molecule has 0 fully saturated rings. The van der Waals surface area contributed by atoms with Gasteiger partial charge in [0.05, 0.1) is 33.2 Å². The number of amides is 2. The molecule has 0 atom stereocenters. The van der Waals surface area contributed by atoms with Crippen LogP contribution in [-0.4, -0.2) is 41.9 Å². The van der Waals surface area contributed by atoms with Gasteiger partial charge in [-0.2, -0.15) is 5.10 Å². The first kappa shape index (κ1) is 29.5. The van der Waals surface area contributed by atoms with Crippen molar-refractivity contribution >= 4 is 51.4 Å². The van der Waals surface area contributed by atoms with Gasteiger partial charge in [-0.05, 0) is 61.3 Å². The van der Waals surface area contributed by atoms with E-state index in [0.717, 1.165) is 58.0 Å². The van der Waals surface area contributed by atoms with Gasteiger partial charge in [0.2, 0.25) is 0 Å². The number of nitrogens with zero attached hydrogens (tertiary/aromatic N) is 4. The zero-order chi connectivity index (χ0) is 28.0. The zero-order valence-electron chi connectivity index (χ0n) is 23.6. The van der Waals surface area contributed by atoms with Crippen molar-refractivity contribution < 1.29 is 4.79 Å². The van der Waals surface area contributed by atoms with E-state index in [4.69, 9.17) is 10.1 Å². The van der Waals surface area contributed by atoms with E-state index in [0.29, 0.717) is 19.5 Å². The minimum Gasteiger partial charge on any atom is -0.320 e. The molecule has 5 aromatic rings. The van der Waals surface area contributed by atoms with Gasteiger partial charge in [-0.1, -0.05) is 84.9 Å². The van der Waals surface area contributed by atoms with E-state index in [2.05, 4.69) is 59.9 Å². The fraction of sp³-hybridized carbons (Fsp3) is 0.206. The number of rotatable bonds is 10. The van der Waals surface area contributed by atoms with E-state index in [-0.39, 0.29) is 18.4 Å². The number of aromatic nitrogens is 1. The molecule has 6 nitrogen and oxygen atoms in total. The number of benzene rings is 4. The molecule has 1 aromatic heterocycles. The number of anilines is 1. The Labute approximate surface area is 257 Å². The maximum Gasteiger partial charge on any atom is 0.345 e. The number of nitrogens with one attached hydrogen (secondary N) is 1. The van der Waals surface area contributed by atoms with Gasteiger partial charge in [0.25, 0.3) is 0 Å². The van der Waals surface area contributed by atoms with Crippen molar-refractivity contribution in [2.75, 3.05) is 25.0 Å². The number of carbonyl (C=O) groups excluding carboxylic acids is 1. The summed E-state index contributed by atoms with van der Waals surface area (Å²) in [6, 6.07) is 35.1. The molecule has 1 aliphatic heterocycles. The molecule has 8 heteroatoms. The van der Waals surface area contributed by atoms with Gasteiger partial charge in [-0.3, -0.25) is 4.90 Å². The smallest absolute Gasteiger partial charge is 0.320 e. The van der Waals surface area contributed by atoms with Gasteiger partial charge in [-0.15, -0.1) is 23.7 Å². The van der Waals surface area contributed by atoms with Crippen molar-refractivity contribution in [1.29, 1.82) is 0 Å². The fourth-order valence-electron chi connectivity index (χ4n) is 5.19. The fourth-order valence-corrected chi connectivity index (χ4v) is 6.16. The van der Waals surface area contributed by atoms with Crippen molar-refractivity contribution in [3.63, 3.8) is 0 Å². The summed E-state index contributed by atoms with van der Waals surface area (Å²) >= 11 is 1.73. The largest absolute Gasteiger partial charge is 0.345 e. The van der Waals surface area contributed by atoms with Gasteiger partial charge in [0.1, 0.15) is 0 Å². The summed E-state index contributed by atoms with van der Waals surface area (Å²) in [6.07, 6.45) is 2.28. The van der Waals surface area contributed by atoms with Gasteiger partial charge >= 0.3 is 6.03 Å². The van der Waals surface area contributed by atoms with E-state index >= 15 is 0 Å². The van der Waals surface area contributed by atoms with Crippen LogP contribution in [0.3, 0.4) is 0 Å². The highest BCUT2D eigenvalue weighted by Crippen LogP contribution is 2.31. The molecular formula is C34H34ClN5OS. The first-order chi connectivity index (χ1) is 20.2. The van der Waals surface area contributed by atoms with Crippen LogP contribution < -0.4 is 10.2 Å². The Kier molecular flexibility index (Phi) is 9.64. The normalized spacial score (nSPS) is 13.0. The number of halogens is 1. The molecule has 2 heterocycles. The van der Waals surface area contributed by atoms with Gasteiger partial charge in [0.15, 0.2) is 0 Å². The highest BCUT2D eigenvalue weighted by atomic mass is 35.5. The summed E-state index contributed by atoms with van der Waals surface area (Å²) in [6.45, 7) is 1.82. The number of hydrogen-bond acceptors (Lipinski definition) is 5. The molecule has 0 radical (unpaired) electrons. The lowest BCUT2D eigenvalue weighted by atomic mass is 10.0. The number of urea groups is 1. The first-order valence-corrected chi connectivity index (χ1v) is 14.9. The Morgan fingerprint density at radius 3 is 2.31 bits per heavy atom. The Bertz CT molecular complexity index is 1640. The predicted molar refractivity (Wildman–Crippen MR) is 177 cm³/mol. The van der Waals surface area contributed by atoms with Crippen molar-refractivity contribution in [2.45, 2.75) is 25.8 Å². The Hall–Kier alpha value is -4.04. The van der Waals surface area contributed by atoms with E-state index in [1.54, 1.807) is 16.3 Å². The van der Waals surface area contributed by atoms with Crippen LogP contribution in [0, 0.1) is 0 Å². The number of para-hydroxylation sites is 2. The van der Waals surface area contributed by atoms with Crippen LogP contribution in [0.2, 0.25) is 0 Å². The minimum absolute atomic E-state index is 0. The number of thiazole rings is 1. The third-order valence-corrected chi connectivity index (χ3v) is 8.41. The van der Waals surface area contributed by atoms with Crippen LogP contribution in [-0.2, 0) is 13.0 Å². The second-order valence-electron chi connectivity index (χ2n) is 10.2. The van der Waals surface area contributed by atoms with Crippen LogP contribution >= 0.6 is 23.7 Å². The van der Waals surface area contributed by atoms with Crippen molar-refractivity contribution in [1.82, 2.24) is 15.3 Å². The lowest BCUT2D eigenvalue weighted by Gasteiger charge is -2.27. The highest BCUT2D eigenvalue weighted by Gasteiger charge is 2.29. The summed E-state index contributed by atoms with van der Waals surface area (Å²) < 4.78 is 1.19. The summed E-state index contributed by atoms with van der Waals surface area (Å²) in [5.74, 6) is 0. The molecule has 0 aliphatic carbocycles. The quantitative estimate of drug-likeness (QED) is 0.168. The van der Waals surface area contributed by atoms with Crippen molar-refractivity contribution in [2.24, 2.45) is 5.10 Å². The van der Waals surface area contributed by atoms with E-state index < -0.39 is 0 Å². The average molecular weight is 596 g/mol. The molecule has 1 N–H and O–H groups in total. The summed E-state index contributed by atoms with van der Waals surface area (Å²) in [7, 11) is 1.93. The Morgan fingerprint density at radius 2 is 1.52 bits per heavy atom. The zero-order valence-corrected chi connectivity index (χ0v) is 25.2. The maximum absolute atomic E-state index is 14.0. The second kappa shape index (κ2) is 13.7. The third-order valence-electron chi connectivity index (χ3n) is 7.31. The van der Waals surface area contributed by atoms with Gasteiger partial charge < -0.3 is 5.32 Å². The van der Waals surface area contributed by atoms with E-state index in [9.17, 15) is 4.79 Å². The molecule has 4 aromatic carbocycles. The van der Waals surface area contributed by atoms with Gasteiger partial charge in [-0.25, -0.2) is 14.8 Å². The highest BCUT2D eigenvalue weighted by molar-refractivity contribution is 7.18. The standard InChI is InChI=1S/C34H33N5OS.ClH/c1-35-22-9-23-39-34(40)38(24-25-16-18-27(19-17-25)26-10-3-2-4-11-26)31-14-7-5-12-28(31)29(37-39)20-21-33-36-30-13-6-8-15-32(30)41-33;/h2-8,10-19,35H,9,20-24H2,1H3;1H. The topological polar surface area (TPSA) is 60.8 Å². The lowest BCUT2D eigenvalue weighted by molar-refractivity contribution is 0.206. The summed E-state index contributed by atoms with van der Waals surface area (Å²) in [5, 5.41) is 10.9. The predicted octanol–water partition coefficient (Wildman–Crippen LogP) is 7.77. The molecule has 0 saturated carbocycles. The molecule has 0 unspecified atom stereocenters. The molecule has 0 bridgehead atoms. The van der Waals surface area contributed by atoms with E-state index in [1.807, 2.05) is 60.5 Å². The lowest BCUT2D eigenvalue weighted by Crippen LogP contribution is -2.40. The average Bonchev–Trinajstić information content (AvgIpc) is 3.40. The molecule has 0 spiro atoms. The molecule has 6 rings (SSSR count). The van der Waals surface area contributed by atoms with Crippen LogP contribution in [0.15, 0.2) is 108 Å². The van der Waals surface area contributed by atoms with Crippen LogP contribution in [0.4, 0.5) is 10.5 Å². The monoisotopic (exact) mass is 595 g/mol. The second-order valence-corrected chi connectivity index (χ2v) is 11.3. The number of aryl methyl sites for hydroxylation is 1. The number of fused-ring (bicyclic) bond motifs is 2. The van der Waals surface area contributed by atoms with Crippen LogP contribution in [0.1, 0.15) is 29.0 Å².